The highest BCUT2D eigenvalue weighted by molar-refractivity contribution is 5.06. The summed E-state index contributed by atoms with van der Waals surface area (Å²) in [6.45, 7) is 5.25. The molecule has 0 saturated carbocycles. The fourth-order valence-electron chi connectivity index (χ4n) is 0.577. The van der Waals surface area contributed by atoms with Gasteiger partial charge in [-0.1, -0.05) is 19.9 Å². The molecule has 4 heteroatoms. The van der Waals surface area contributed by atoms with Gasteiger partial charge in [0.15, 0.2) is 0 Å². The summed E-state index contributed by atoms with van der Waals surface area (Å²) in [5.74, 6) is 0.0718. The topological polar surface area (TPSA) is 56.6 Å². The summed E-state index contributed by atoms with van der Waals surface area (Å²) < 4.78 is 0. The average Bonchev–Trinajstić information content (AvgIpc) is 2.19. The molecule has 0 spiro atoms. The van der Waals surface area contributed by atoms with Gasteiger partial charge in [0.25, 0.3) is 0 Å². The normalized spacial score (nSPS) is 9.23. The van der Waals surface area contributed by atoms with Crippen LogP contribution in [0.1, 0.15) is 13.8 Å². The van der Waals surface area contributed by atoms with Gasteiger partial charge in [0.05, 0.1) is 0 Å². The maximum atomic E-state index is 8.52. The fourth-order valence-corrected chi connectivity index (χ4v) is 0.577. The van der Waals surface area contributed by atoms with E-state index in [0.717, 1.165) is 13.1 Å². The van der Waals surface area contributed by atoms with E-state index in [-0.39, 0.29) is 5.88 Å². The zero-order chi connectivity index (χ0) is 10.1. The highest BCUT2D eigenvalue weighted by Crippen LogP contribution is 1.96. The van der Waals surface area contributed by atoms with Crippen molar-refractivity contribution in [2.45, 2.75) is 13.8 Å². The second-order valence-electron chi connectivity index (χ2n) is 2.33. The molecule has 0 radical (unpaired) electrons. The second kappa shape index (κ2) is 7.52. The molecule has 0 aliphatic carbocycles. The van der Waals surface area contributed by atoms with Gasteiger partial charge >= 0.3 is 0 Å². The average molecular weight is 184 g/mol. The molecule has 0 atom stereocenters. The molecular weight excluding hydrogens is 168 g/mol. The van der Waals surface area contributed by atoms with Gasteiger partial charge in [-0.3, -0.25) is 0 Å². The second-order valence-corrected chi connectivity index (χ2v) is 2.33. The van der Waals surface area contributed by atoms with E-state index in [2.05, 4.69) is 4.98 Å². The number of aromatic nitrogens is 1. The smallest absolute Gasteiger partial charge is 0.210 e. The van der Waals surface area contributed by atoms with Crippen LogP contribution in [0.2, 0.25) is 0 Å². The predicted molar refractivity (Wildman–Crippen MR) is 50.6 cm³/mol. The van der Waals surface area contributed by atoms with Crippen LogP contribution in [0.5, 0.6) is 5.88 Å². The van der Waals surface area contributed by atoms with Crippen LogP contribution in [0.4, 0.5) is 0 Å². The van der Waals surface area contributed by atoms with E-state index in [1.807, 2.05) is 13.8 Å². The maximum Gasteiger partial charge on any atom is 0.210 e. The summed E-state index contributed by atoms with van der Waals surface area (Å²) in [7, 11) is 0. The molecule has 0 amide bonds. The van der Waals surface area contributed by atoms with Crippen LogP contribution in [-0.2, 0) is 0 Å². The molecule has 0 bridgehead atoms. The van der Waals surface area contributed by atoms with Gasteiger partial charge in [0.2, 0.25) is 5.88 Å². The Bertz CT molecular complexity index is 200. The monoisotopic (exact) mass is 184 g/mol. The van der Waals surface area contributed by atoms with Crippen molar-refractivity contribution in [3.8, 4) is 5.88 Å². The van der Waals surface area contributed by atoms with E-state index in [9.17, 15) is 0 Å². The van der Waals surface area contributed by atoms with E-state index < -0.39 is 0 Å². The van der Waals surface area contributed by atoms with E-state index in [4.69, 9.17) is 10.3 Å². The molecule has 0 unspecified atom stereocenters. The number of nitrogens with zero attached hydrogens (tertiary/aromatic N) is 2. The van der Waals surface area contributed by atoms with Crippen molar-refractivity contribution in [2.24, 2.45) is 0 Å². The lowest BCUT2D eigenvalue weighted by molar-refractivity contribution is -0.0813. The third-order valence-corrected chi connectivity index (χ3v) is 1.38. The van der Waals surface area contributed by atoms with Crippen molar-refractivity contribution < 1.29 is 10.3 Å². The largest absolute Gasteiger partial charge is 0.493 e. The van der Waals surface area contributed by atoms with Crippen molar-refractivity contribution in [3.05, 3.63) is 24.4 Å². The Hall–Kier alpha value is -1.13. The van der Waals surface area contributed by atoms with Gasteiger partial charge in [0.1, 0.15) is 0 Å². The summed E-state index contributed by atoms with van der Waals surface area (Å²) in [5.41, 5.74) is 0. The number of hydroxylamine groups is 2. The number of aromatic hydroxyl groups is 1. The lowest BCUT2D eigenvalue weighted by atomic mass is 10.5. The zero-order valence-electron chi connectivity index (χ0n) is 8.01. The van der Waals surface area contributed by atoms with Crippen molar-refractivity contribution in [1.82, 2.24) is 10.0 Å². The van der Waals surface area contributed by atoms with E-state index in [1.54, 1.807) is 12.1 Å². The lowest BCUT2D eigenvalue weighted by Gasteiger charge is -2.05. The minimum Gasteiger partial charge on any atom is -0.493 e. The minimum atomic E-state index is 0.0718. The van der Waals surface area contributed by atoms with Crippen LogP contribution < -0.4 is 0 Å². The molecule has 0 saturated heterocycles. The first-order valence-electron chi connectivity index (χ1n) is 4.24. The van der Waals surface area contributed by atoms with Crippen molar-refractivity contribution in [3.63, 3.8) is 0 Å². The Kier molecular flexibility index (Phi) is 6.86. The third-order valence-electron chi connectivity index (χ3n) is 1.38. The Balaban J connectivity index is 0.000000226. The first-order chi connectivity index (χ1) is 6.20. The number of hydrogen-bond donors (Lipinski definition) is 2. The first kappa shape index (κ1) is 11.9. The Labute approximate surface area is 78.4 Å². The van der Waals surface area contributed by atoms with Gasteiger partial charge < -0.3 is 10.3 Å². The first-order valence-corrected chi connectivity index (χ1v) is 4.24. The molecule has 1 rings (SSSR count). The molecule has 1 heterocycles. The van der Waals surface area contributed by atoms with Gasteiger partial charge in [-0.25, -0.2) is 4.98 Å². The van der Waals surface area contributed by atoms with Crippen LogP contribution in [0.3, 0.4) is 0 Å². The van der Waals surface area contributed by atoms with Crippen LogP contribution >= 0.6 is 0 Å². The number of rotatable bonds is 2. The molecule has 0 aromatic carbocycles. The zero-order valence-corrected chi connectivity index (χ0v) is 8.01. The summed E-state index contributed by atoms with van der Waals surface area (Å²) in [5, 5.41) is 18.3. The van der Waals surface area contributed by atoms with Crippen LogP contribution in [-0.4, -0.2) is 33.5 Å². The summed E-state index contributed by atoms with van der Waals surface area (Å²) in [4.78, 5) is 3.53. The quantitative estimate of drug-likeness (QED) is 0.684. The van der Waals surface area contributed by atoms with E-state index in [1.165, 1.54) is 17.3 Å². The Morgan fingerprint density at radius 1 is 1.31 bits per heavy atom. The predicted octanol–water partition coefficient (Wildman–Crippen LogP) is 1.50. The lowest BCUT2D eigenvalue weighted by Crippen LogP contribution is -2.16. The summed E-state index contributed by atoms with van der Waals surface area (Å²) >= 11 is 0. The molecule has 0 fully saturated rings. The SMILES string of the molecule is CCN(O)CC.Oc1ccccn1. The standard InChI is InChI=1S/C5H5NO.C4H11NO/c7-5-3-1-2-4-6-5;1-3-5(6)4-2/h1-4H,(H,6,7);6H,3-4H2,1-2H3. The fraction of sp³-hybridized carbons (Fsp3) is 0.444. The molecule has 4 nitrogen and oxygen atoms in total. The van der Waals surface area contributed by atoms with E-state index >= 15 is 0 Å². The van der Waals surface area contributed by atoms with Crippen LogP contribution in [0, 0.1) is 0 Å². The summed E-state index contributed by atoms with van der Waals surface area (Å²) in [6, 6.07) is 5.00. The van der Waals surface area contributed by atoms with Crippen molar-refractivity contribution in [1.29, 1.82) is 0 Å². The number of pyridine rings is 1. The molecule has 1 aromatic rings. The molecule has 0 aliphatic rings. The van der Waals surface area contributed by atoms with Gasteiger partial charge in [-0.2, -0.15) is 5.06 Å². The van der Waals surface area contributed by atoms with Crippen molar-refractivity contribution >= 4 is 0 Å². The molecular formula is C9H16N2O2. The van der Waals surface area contributed by atoms with Crippen LogP contribution in [0.25, 0.3) is 0 Å². The van der Waals surface area contributed by atoms with Crippen molar-refractivity contribution in [2.75, 3.05) is 13.1 Å². The van der Waals surface area contributed by atoms with Gasteiger partial charge in [0, 0.05) is 25.4 Å². The van der Waals surface area contributed by atoms with E-state index in [0.29, 0.717) is 0 Å². The maximum absolute atomic E-state index is 8.52. The van der Waals surface area contributed by atoms with Crippen LogP contribution in [0.15, 0.2) is 24.4 Å². The van der Waals surface area contributed by atoms with Gasteiger partial charge in [-0.15, -0.1) is 0 Å². The highest BCUT2D eigenvalue weighted by Gasteiger charge is 1.84. The summed E-state index contributed by atoms with van der Waals surface area (Å²) in [6.07, 6.45) is 1.54. The molecule has 74 valence electrons. The molecule has 1 aromatic heterocycles. The minimum absolute atomic E-state index is 0.0718. The number of hydrogen-bond acceptors (Lipinski definition) is 4. The molecule has 13 heavy (non-hydrogen) atoms. The molecule has 2 N–H and O–H groups in total. The Morgan fingerprint density at radius 3 is 2.08 bits per heavy atom. The highest BCUT2D eigenvalue weighted by atomic mass is 16.5. The molecule has 0 aliphatic heterocycles. The van der Waals surface area contributed by atoms with Gasteiger partial charge in [-0.05, 0) is 6.07 Å². The Morgan fingerprint density at radius 2 is 1.92 bits per heavy atom. The third kappa shape index (κ3) is 7.24.